The van der Waals surface area contributed by atoms with E-state index < -0.39 is 24.3 Å². The van der Waals surface area contributed by atoms with Gasteiger partial charge in [0.05, 0.1) is 19.2 Å². The van der Waals surface area contributed by atoms with E-state index in [1.807, 2.05) is 79.7 Å². The lowest BCUT2D eigenvalue weighted by Gasteiger charge is -2.36. The van der Waals surface area contributed by atoms with Crippen LogP contribution in [-0.2, 0) is 19.4 Å². The summed E-state index contributed by atoms with van der Waals surface area (Å²) in [6.07, 6.45) is -0.311. The van der Waals surface area contributed by atoms with Gasteiger partial charge in [0.1, 0.15) is 23.8 Å². The third-order valence-corrected chi connectivity index (χ3v) is 8.92. The van der Waals surface area contributed by atoms with Crippen molar-refractivity contribution in [3.63, 3.8) is 0 Å². The Labute approximate surface area is 286 Å². The van der Waals surface area contributed by atoms with E-state index in [9.17, 15) is 15.0 Å². The Morgan fingerprint density at radius 3 is 2.06 bits per heavy atom. The molecular weight excluding hydrogens is 616 g/mol. The zero-order valence-corrected chi connectivity index (χ0v) is 27.5. The Kier molecular flexibility index (Phi) is 10.3. The molecule has 0 bridgehead atoms. The van der Waals surface area contributed by atoms with Gasteiger partial charge >= 0.3 is 6.03 Å². The molecule has 4 atom stereocenters. The largest absolute Gasteiger partial charge is 0.497 e. The van der Waals surface area contributed by atoms with E-state index in [1.54, 1.807) is 71.6 Å². The van der Waals surface area contributed by atoms with Crippen molar-refractivity contribution in [2.45, 2.75) is 50.6 Å². The fourth-order valence-electron chi connectivity index (χ4n) is 6.35. The Bertz CT molecular complexity index is 1870. The lowest BCUT2D eigenvalue weighted by Crippen LogP contribution is -2.51. The summed E-state index contributed by atoms with van der Waals surface area (Å²) in [5.41, 5.74) is 4.41. The van der Waals surface area contributed by atoms with Gasteiger partial charge < -0.3 is 25.2 Å². The minimum Gasteiger partial charge on any atom is -0.497 e. The number of hydrogen-bond donors (Lipinski definition) is 3. The molecule has 5 aromatic rings. The Hall–Kier alpha value is -5.51. The molecule has 1 aliphatic rings. The molecule has 0 saturated carbocycles. The van der Waals surface area contributed by atoms with E-state index >= 15 is 4.79 Å². The van der Waals surface area contributed by atoms with Gasteiger partial charge in [0.25, 0.3) is 5.91 Å². The maximum Gasteiger partial charge on any atom is 0.325 e. The molecule has 49 heavy (non-hydrogen) atoms. The number of nitrogens with one attached hydrogen (secondary N) is 1. The Morgan fingerprint density at radius 2 is 1.41 bits per heavy atom. The molecule has 1 aliphatic heterocycles. The van der Waals surface area contributed by atoms with E-state index in [1.165, 1.54) is 0 Å². The van der Waals surface area contributed by atoms with Crippen LogP contribution in [0, 0.1) is 6.92 Å². The van der Waals surface area contributed by atoms with Crippen molar-refractivity contribution in [2.75, 3.05) is 17.3 Å². The van der Waals surface area contributed by atoms with Crippen LogP contribution >= 0.6 is 0 Å². The normalized spacial score (nSPS) is 19.3. The molecule has 0 unspecified atom stereocenters. The molecule has 1 saturated heterocycles. The molecule has 2 heterocycles. The van der Waals surface area contributed by atoms with Crippen LogP contribution in [0.5, 0.6) is 5.75 Å². The van der Waals surface area contributed by atoms with Crippen LogP contribution in [0.2, 0.25) is 0 Å². The summed E-state index contributed by atoms with van der Waals surface area (Å²) < 4.78 is 5.51. The lowest BCUT2D eigenvalue weighted by atomic mass is 9.90. The van der Waals surface area contributed by atoms with E-state index in [2.05, 4.69) is 10.3 Å². The van der Waals surface area contributed by atoms with Crippen LogP contribution in [-0.4, -0.2) is 63.4 Å². The first-order chi connectivity index (χ1) is 23.8. The predicted molar refractivity (Wildman–Crippen MR) is 190 cm³/mol. The van der Waals surface area contributed by atoms with Crippen molar-refractivity contribution in [2.24, 2.45) is 0 Å². The molecule has 9 nitrogen and oxygen atoms in total. The first-order valence-corrected chi connectivity index (χ1v) is 16.3. The average molecular weight is 657 g/mol. The second-order valence-electron chi connectivity index (χ2n) is 12.4. The number of urea groups is 1. The maximum absolute atomic E-state index is 15.0. The predicted octanol–water partition coefficient (Wildman–Crippen LogP) is 6.04. The van der Waals surface area contributed by atoms with Crippen molar-refractivity contribution in [3.8, 4) is 5.75 Å². The minimum atomic E-state index is -1.30. The van der Waals surface area contributed by atoms with Crippen LogP contribution in [0.15, 0.2) is 128 Å². The number of carbonyl (C=O) groups is 2. The van der Waals surface area contributed by atoms with Gasteiger partial charge in [-0.05, 0) is 72.4 Å². The highest BCUT2D eigenvalue weighted by Crippen LogP contribution is 2.33. The number of amides is 3. The van der Waals surface area contributed by atoms with E-state index in [0.29, 0.717) is 41.2 Å². The number of methoxy groups -OCH3 is 1. The number of aromatic nitrogens is 1. The maximum atomic E-state index is 15.0. The number of aryl methyl sites for hydroxylation is 1. The smallest absolute Gasteiger partial charge is 0.325 e. The van der Waals surface area contributed by atoms with Crippen LogP contribution in [0.1, 0.15) is 32.6 Å². The molecule has 0 radical (unpaired) electrons. The standard InChI is InChI=1S/C40H40N4O5/c1-27-19-20-36(41-25-27)42-39(47)31-16-9-15-30(21-31)26-43-34(22-28-11-5-3-6-12-28)37(45)38(46)35(23-29-13-7-4-8-14-29)44(40(43)48)32-17-10-18-33(24-32)49-2/h3-21,24-25,34-35,37-38,45-46H,22-23,26H2,1-2H3,(H,41,42,47)/t34-,35-,37+,38+/m1/s1. The van der Waals surface area contributed by atoms with Gasteiger partial charge in [-0.1, -0.05) is 84.9 Å². The summed E-state index contributed by atoms with van der Waals surface area (Å²) in [6.45, 7) is 2.00. The zero-order valence-electron chi connectivity index (χ0n) is 27.5. The monoisotopic (exact) mass is 656 g/mol. The van der Waals surface area contributed by atoms with Gasteiger partial charge in [-0.2, -0.15) is 0 Å². The molecule has 0 spiro atoms. The number of nitrogens with zero attached hydrogens (tertiary/aromatic N) is 3. The summed E-state index contributed by atoms with van der Waals surface area (Å²) in [6, 6.07) is 35.1. The summed E-state index contributed by atoms with van der Waals surface area (Å²) >= 11 is 0. The quantitative estimate of drug-likeness (QED) is 0.169. The van der Waals surface area contributed by atoms with Gasteiger partial charge in [0, 0.05) is 30.1 Å². The zero-order chi connectivity index (χ0) is 34.3. The molecule has 250 valence electrons. The van der Waals surface area contributed by atoms with Crippen LogP contribution in [0.25, 0.3) is 0 Å². The summed E-state index contributed by atoms with van der Waals surface area (Å²) in [4.78, 5) is 35.8. The summed E-state index contributed by atoms with van der Waals surface area (Å²) in [5.74, 6) is 0.650. The number of pyridine rings is 1. The van der Waals surface area contributed by atoms with Crippen LogP contribution in [0.4, 0.5) is 16.3 Å². The van der Waals surface area contributed by atoms with Crippen molar-refractivity contribution < 1.29 is 24.5 Å². The van der Waals surface area contributed by atoms with Crippen molar-refractivity contribution in [3.05, 3.63) is 155 Å². The molecule has 4 aromatic carbocycles. The lowest BCUT2D eigenvalue weighted by molar-refractivity contribution is -0.0291. The number of rotatable bonds is 10. The molecule has 0 aliphatic carbocycles. The van der Waals surface area contributed by atoms with Crippen molar-refractivity contribution in [1.29, 1.82) is 0 Å². The number of hydrogen-bond acceptors (Lipinski definition) is 6. The van der Waals surface area contributed by atoms with Gasteiger partial charge in [0.15, 0.2) is 0 Å². The van der Waals surface area contributed by atoms with Gasteiger partial charge in [-0.25, -0.2) is 9.78 Å². The second-order valence-corrected chi connectivity index (χ2v) is 12.4. The number of aliphatic hydroxyl groups is 2. The van der Waals surface area contributed by atoms with Gasteiger partial charge in [-0.3, -0.25) is 9.69 Å². The highest BCUT2D eigenvalue weighted by atomic mass is 16.5. The first kappa shape index (κ1) is 33.4. The van der Waals surface area contributed by atoms with Gasteiger partial charge in [-0.15, -0.1) is 0 Å². The molecule has 1 aromatic heterocycles. The number of anilines is 2. The van der Waals surface area contributed by atoms with Crippen molar-refractivity contribution in [1.82, 2.24) is 9.88 Å². The van der Waals surface area contributed by atoms with Crippen LogP contribution < -0.4 is 15.0 Å². The fraction of sp³-hybridized carbons (Fsp3) is 0.225. The Morgan fingerprint density at radius 1 is 0.776 bits per heavy atom. The number of ether oxygens (including phenoxy) is 1. The second kappa shape index (κ2) is 15.1. The molecule has 9 heteroatoms. The van der Waals surface area contributed by atoms with Crippen molar-refractivity contribution >= 4 is 23.4 Å². The molecule has 3 amide bonds. The average Bonchev–Trinajstić information content (AvgIpc) is 3.19. The molecular formula is C40H40N4O5. The SMILES string of the molecule is COc1cccc(N2C(=O)N(Cc3cccc(C(=O)Nc4ccc(C)cn4)c3)[C@H](Cc3ccccc3)[C@H](O)[C@@H](O)[C@H]2Cc2ccccc2)c1. The third-order valence-electron chi connectivity index (χ3n) is 8.92. The number of carbonyl (C=O) groups excluding carboxylic acids is 2. The summed E-state index contributed by atoms with van der Waals surface area (Å²) in [5, 5.41) is 26.9. The minimum absolute atomic E-state index is 0.0720. The number of aliphatic hydroxyl groups excluding tert-OH is 2. The highest BCUT2D eigenvalue weighted by molar-refractivity contribution is 6.03. The molecule has 6 rings (SSSR count). The van der Waals surface area contributed by atoms with E-state index in [-0.39, 0.29) is 18.5 Å². The van der Waals surface area contributed by atoms with E-state index in [4.69, 9.17) is 4.74 Å². The highest BCUT2D eigenvalue weighted by Gasteiger charge is 2.47. The topological polar surface area (TPSA) is 115 Å². The van der Waals surface area contributed by atoms with Gasteiger partial charge in [0.2, 0.25) is 0 Å². The van der Waals surface area contributed by atoms with Crippen LogP contribution in [0.3, 0.4) is 0 Å². The fourth-order valence-corrected chi connectivity index (χ4v) is 6.35. The Balaban J connectivity index is 1.41. The molecule has 3 N–H and O–H groups in total. The summed E-state index contributed by atoms with van der Waals surface area (Å²) in [7, 11) is 1.56. The third kappa shape index (κ3) is 7.80. The first-order valence-electron chi connectivity index (χ1n) is 16.3. The molecule has 1 fully saturated rings. The van der Waals surface area contributed by atoms with E-state index in [0.717, 1.165) is 16.7 Å². The number of benzene rings is 4.